The molecule has 2 aliphatic heterocycles. The Balaban J connectivity index is 1.34. The minimum atomic E-state index is -4.56. The molecule has 4 aromatic rings. The summed E-state index contributed by atoms with van der Waals surface area (Å²) in [7, 11) is 1.96. The van der Waals surface area contributed by atoms with Crippen LogP contribution < -0.4 is 15.5 Å². The Morgan fingerprint density at radius 3 is 2.50 bits per heavy atom. The fourth-order valence-electron chi connectivity index (χ4n) is 4.94. The molecule has 13 heteroatoms. The van der Waals surface area contributed by atoms with Gasteiger partial charge in [0.1, 0.15) is 6.17 Å². The number of para-hydroxylation sites is 1. The molecule has 42 heavy (non-hydrogen) atoms. The summed E-state index contributed by atoms with van der Waals surface area (Å²) >= 11 is 0. The summed E-state index contributed by atoms with van der Waals surface area (Å²) in [5.41, 5.74) is 2.45. The van der Waals surface area contributed by atoms with Crippen molar-refractivity contribution in [2.45, 2.75) is 18.8 Å². The predicted octanol–water partition coefficient (Wildman–Crippen LogP) is 4.52. The summed E-state index contributed by atoms with van der Waals surface area (Å²) in [6.45, 7) is 2.39. The zero-order chi connectivity index (χ0) is 29.3. The smallest absolute Gasteiger partial charge is 0.402 e. The first-order valence-corrected chi connectivity index (χ1v) is 13.4. The van der Waals surface area contributed by atoms with E-state index in [0.29, 0.717) is 37.6 Å². The van der Waals surface area contributed by atoms with Crippen molar-refractivity contribution in [2.75, 3.05) is 48.8 Å². The lowest BCUT2D eigenvalue weighted by Crippen LogP contribution is -2.44. The van der Waals surface area contributed by atoms with Crippen LogP contribution in [-0.2, 0) is 11.0 Å². The number of anilines is 3. The molecule has 2 aliphatic rings. The summed E-state index contributed by atoms with van der Waals surface area (Å²) in [4.78, 5) is 25.7. The third kappa shape index (κ3) is 5.81. The maximum absolute atomic E-state index is 13.6. The van der Waals surface area contributed by atoms with Crippen molar-refractivity contribution in [1.29, 1.82) is 0 Å². The predicted molar refractivity (Wildman–Crippen MR) is 151 cm³/mol. The van der Waals surface area contributed by atoms with E-state index in [9.17, 15) is 18.0 Å². The van der Waals surface area contributed by atoms with Crippen LogP contribution in [0.5, 0.6) is 0 Å². The van der Waals surface area contributed by atoms with Gasteiger partial charge in [-0.2, -0.15) is 13.2 Å². The molecule has 1 amide bonds. The number of halogens is 3. The molecule has 0 bridgehead atoms. The van der Waals surface area contributed by atoms with Crippen LogP contribution >= 0.6 is 0 Å². The lowest BCUT2D eigenvalue weighted by Gasteiger charge is -2.34. The largest absolute Gasteiger partial charge is 0.417 e. The van der Waals surface area contributed by atoms with Gasteiger partial charge in [-0.15, -0.1) is 5.10 Å². The SMILES string of the molecule is CN1CCN(c2cc(C(F)(F)F)cnc2-c2nnc(N[C@@H]3CC(=O)Nc4ccccc4C(c4ccccc4)=N3)o2)CC1. The molecule has 2 aromatic heterocycles. The second kappa shape index (κ2) is 11.2. The molecule has 6 rings (SSSR count). The lowest BCUT2D eigenvalue weighted by atomic mass is 9.99. The zero-order valence-electron chi connectivity index (χ0n) is 22.6. The number of alkyl halides is 3. The van der Waals surface area contributed by atoms with Gasteiger partial charge < -0.3 is 24.9 Å². The molecule has 2 aromatic carbocycles. The number of pyridine rings is 1. The van der Waals surface area contributed by atoms with Crippen LogP contribution in [0.1, 0.15) is 23.1 Å². The number of nitrogens with one attached hydrogen (secondary N) is 2. The van der Waals surface area contributed by atoms with Crippen molar-refractivity contribution in [3.63, 3.8) is 0 Å². The van der Waals surface area contributed by atoms with E-state index < -0.39 is 17.9 Å². The number of fused-ring (bicyclic) bond motifs is 1. The third-order valence-electron chi connectivity index (χ3n) is 7.12. The van der Waals surface area contributed by atoms with Crippen molar-refractivity contribution in [1.82, 2.24) is 20.1 Å². The average Bonchev–Trinajstić information content (AvgIpc) is 3.44. The number of benzene rings is 2. The maximum Gasteiger partial charge on any atom is 0.417 e. The van der Waals surface area contributed by atoms with Gasteiger partial charge in [-0.3, -0.25) is 9.79 Å². The second-order valence-corrected chi connectivity index (χ2v) is 10.1. The lowest BCUT2D eigenvalue weighted by molar-refractivity contribution is -0.137. The molecule has 0 aliphatic carbocycles. The minimum absolute atomic E-state index is 0.0343. The van der Waals surface area contributed by atoms with Crippen LogP contribution in [0, 0.1) is 0 Å². The molecule has 1 saturated heterocycles. The number of aromatic nitrogens is 3. The van der Waals surface area contributed by atoms with E-state index in [1.54, 1.807) is 0 Å². The Morgan fingerprint density at radius 2 is 1.74 bits per heavy atom. The van der Waals surface area contributed by atoms with Crippen LogP contribution in [0.4, 0.5) is 30.6 Å². The van der Waals surface area contributed by atoms with Gasteiger partial charge in [0.05, 0.1) is 29.1 Å². The van der Waals surface area contributed by atoms with Gasteiger partial charge in [-0.05, 0) is 19.2 Å². The van der Waals surface area contributed by atoms with Crippen LogP contribution in [0.2, 0.25) is 0 Å². The first-order chi connectivity index (χ1) is 20.2. The normalized spacial score (nSPS) is 18.0. The number of piperazine rings is 1. The molecule has 1 fully saturated rings. The van der Waals surface area contributed by atoms with Gasteiger partial charge in [-0.1, -0.05) is 53.6 Å². The number of aliphatic imine (C=N–C) groups is 1. The summed E-state index contributed by atoms with van der Waals surface area (Å²) < 4.78 is 46.5. The van der Waals surface area contributed by atoms with E-state index in [1.807, 2.05) is 66.5 Å². The van der Waals surface area contributed by atoms with E-state index in [-0.39, 0.29) is 35.6 Å². The van der Waals surface area contributed by atoms with Crippen molar-refractivity contribution in [3.05, 3.63) is 83.6 Å². The topological polar surface area (TPSA) is 112 Å². The Labute approximate surface area is 239 Å². The first-order valence-electron chi connectivity index (χ1n) is 13.4. The summed E-state index contributed by atoms with van der Waals surface area (Å²) in [5, 5.41) is 14.1. The Hall–Kier alpha value is -4.78. The number of carbonyl (C=O) groups is 1. The van der Waals surface area contributed by atoms with Gasteiger partial charge in [0.15, 0.2) is 5.69 Å². The Morgan fingerprint density at radius 1 is 1.00 bits per heavy atom. The van der Waals surface area contributed by atoms with E-state index in [4.69, 9.17) is 9.41 Å². The van der Waals surface area contributed by atoms with Crippen LogP contribution in [0.25, 0.3) is 11.6 Å². The van der Waals surface area contributed by atoms with E-state index in [2.05, 4.69) is 30.7 Å². The van der Waals surface area contributed by atoms with Crippen molar-refractivity contribution in [3.8, 4) is 11.6 Å². The number of rotatable bonds is 5. The Kier molecular flexibility index (Phi) is 7.33. The maximum atomic E-state index is 13.6. The monoisotopic (exact) mass is 576 g/mol. The third-order valence-corrected chi connectivity index (χ3v) is 7.12. The van der Waals surface area contributed by atoms with Crippen LogP contribution in [0.3, 0.4) is 0 Å². The fraction of sp³-hybridized carbons (Fsp3) is 0.276. The van der Waals surface area contributed by atoms with Crippen molar-refractivity contribution in [2.24, 2.45) is 4.99 Å². The molecule has 1 atom stereocenters. The van der Waals surface area contributed by atoms with Gasteiger partial charge >= 0.3 is 12.2 Å². The van der Waals surface area contributed by atoms with Gasteiger partial charge in [0.2, 0.25) is 5.91 Å². The molecule has 0 saturated carbocycles. The molecule has 216 valence electrons. The number of nitrogens with zero attached hydrogens (tertiary/aromatic N) is 6. The zero-order valence-corrected chi connectivity index (χ0v) is 22.6. The molecular weight excluding hydrogens is 549 g/mol. The highest BCUT2D eigenvalue weighted by atomic mass is 19.4. The molecule has 0 spiro atoms. The van der Waals surface area contributed by atoms with E-state index in [0.717, 1.165) is 23.4 Å². The molecule has 10 nitrogen and oxygen atoms in total. The highest BCUT2D eigenvalue weighted by Gasteiger charge is 2.34. The summed E-state index contributed by atoms with van der Waals surface area (Å²) in [5.74, 6) is -0.314. The highest BCUT2D eigenvalue weighted by molar-refractivity contribution is 6.17. The van der Waals surface area contributed by atoms with E-state index >= 15 is 0 Å². The molecule has 0 unspecified atom stereocenters. The molecule has 0 radical (unpaired) electrons. The van der Waals surface area contributed by atoms with Crippen LogP contribution in [0.15, 0.2) is 76.3 Å². The number of hydrogen-bond donors (Lipinski definition) is 2. The van der Waals surface area contributed by atoms with Crippen LogP contribution in [-0.4, -0.2) is 71.1 Å². The molecule has 4 heterocycles. The minimum Gasteiger partial charge on any atom is -0.402 e. The average molecular weight is 577 g/mol. The van der Waals surface area contributed by atoms with Gasteiger partial charge in [-0.25, -0.2) is 4.98 Å². The number of likely N-dealkylation sites (N-methyl/N-ethyl adjacent to an activating group) is 1. The fourth-order valence-corrected chi connectivity index (χ4v) is 4.94. The van der Waals surface area contributed by atoms with E-state index in [1.165, 1.54) is 0 Å². The quantitative estimate of drug-likeness (QED) is 0.357. The van der Waals surface area contributed by atoms with Gasteiger partial charge in [0.25, 0.3) is 5.89 Å². The first kappa shape index (κ1) is 27.4. The Bertz CT molecular complexity index is 1610. The number of hydrogen-bond acceptors (Lipinski definition) is 9. The van der Waals surface area contributed by atoms with Crippen molar-refractivity contribution < 1.29 is 22.4 Å². The second-order valence-electron chi connectivity index (χ2n) is 10.1. The summed E-state index contributed by atoms with van der Waals surface area (Å²) in [6.07, 6.45) is -4.60. The summed E-state index contributed by atoms with van der Waals surface area (Å²) in [6, 6.07) is 18.0. The number of amides is 1. The standard InChI is InChI=1S/C29H27F3N8O2/c1-39-11-13-40(14-12-39)22-15-19(29(30,31)32)17-33-26(22)27-37-38-28(42-27)36-23-16-24(41)34-21-10-6-5-9-20(21)25(35-23)18-7-3-2-4-8-18/h2-10,15,17,23H,11-14,16H2,1H3,(H,34,41)(H,36,38)/t23-/m1/s1. The number of carbonyl (C=O) groups excluding carboxylic acids is 1. The van der Waals surface area contributed by atoms with Gasteiger partial charge in [0, 0.05) is 43.5 Å². The van der Waals surface area contributed by atoms with Crippen molar-refractivity contribution >= 4 is 29.0 Å². The molecule has 2 N–H and O–H groups in total. The highest BCUT2D eigenvalue weighted by Crippen LogP contribution is 2.36. The molecular formula is C29H27F3N8O2.